The first-order chi connectivity index (χ1) is 13.8. The zero-order valence-corrected chi connectivity index (χ0v) is 16.3. The van der Waals surface area contributed by atoms with Crippen molar-refractivity contribution >= 4 is 21.6 Å². The lowest BCUT2D eigenvalue weighted by molar-refractivity contribution is -0.116. The fraction of sp³-hybridized carbons (Fsp3) is 0.316. The summed E-state index contributed by atoms with van der Waals surface area (Å²) in [5, 5.41) is 2.66. The van der Waals surface area contributed by atoms with Gasteiger partial charge in [0.2, 0.25) is 15.9 Å². The number of carbonyl (C=O) groups is 1. The molecule has 1 saturated heterocycles. The van der Waals surface area contributed by atoms with Crippen molar-refractivity contribution in [1.82, 2.24) is 9.21 Å². The summed E-state index contributed by atoms with van der Waals surface area (Å²) >= 11 is 0. The van der Waals surface area contributed by atoms with Crippen molar-refractivity contribution in [3.05, 3.63) is 59.9 Å². The Kier molecular flexibility index (Phi) is 6.56. The smallest absolute Gasteiger partial charge is 0.246 e. The summed E-state index contributed by atoms with van der Waals surface area (Å²) in [4.78, 5) is 13.2. The summed E-state index contributed by atoms with van der Waals surface area (Å²) in [5.41, 5.74) is 0.490. The molecule has 6 nitrogen and oxygen atoms in total. The molecule has 0 aromatic heterocycles. The van der Waals surface area contributed by atoms with E-state index in [4.69, 9.17) is 0 Å². The van der Waals surface area contributed by atoms with Crippen LogP contribution in [0.1, 0.15) is 6.42 Å². The second-order valence-corrected chi connectivity index (χ2v) is 8.53. The minimum Gasteiger partial charge on any atom is -0.326 e. The summed E-state index contributed by atoms with van der Waals surface area (Å²) in [5.74, 6) is -2.45. The molecular formula is C19H20F3N3O3S. The van der Waals surface area contributed by atoms with Gasteiger partial charge in [-0.25, -0.2) is 21.6 Å². The lowest BCUT2D eigenvalue weighted by Crippen LogP contribution is -2.49. The molecule has 0 unspecified atom stereocenters. The van der Waals surface area contributed by atoms with Gasteiger partial charge >= 0.3 is 0 Å². The fourth-order valence-electron chi connectivity index (χ4n) is 3.02. The van der Waals surface area contributed by atoms with E-state index in [-0.39, 0.29) is 25.4 Å². The summed E-state index contributed by atoms with van der Waals surface area (Å²) in [7, 11) is -4.13. The number of hydrogen-bond donors (Lipinski definition) is 1. The van der Waals surface area contributed by atoms with Crippen LogP contribution < -0.4 is 5.32 Å². The highest BCUT2D eigenvalue weighted by molar-refractivity contribution is 7.89. The number of hydrogen-bond acceptors (Lipinski definition) is 4. The van der Waals surface area contributed by atoms with E-state index in [0.29, 0.717) is 31.4 Å². The van der Waals surface area contributed by atoms with Crippen molar-refractivity contribution in [3.63, 3.8) is 0 Å². The number of anilines is 1. The third kappa shape index (κ3) is 5.34. The van der Waals surface area contributed by atoms with Gasteiger partial charge in [0.05, 0.1) is 0 Å². The van der Waals surface area contributed by atoms with Gasteiger partial charge in [0.25, 0.3) is 0 Å². The Morgan fingerprint density at radius 1 is 0.931 bits per heavy atom. The van der Waals surface area contributed by atoms with E-state index >= 15 is 0 Å². The number of piperazine rings is 1. The van der Waals surface area contributed by atoms with E-state index in [1.54, 1.807) is 0 Å². The number of nitrogens with zero attached hydrogens (tertiary/aromatic N) is 2. The normalized spacial score (nSPS) is 16.0. The third-order valence-corrected chi connectivity index (χ3v) is 6.54. The van der Waals surface area contributed by atoms with Crippen LogP contribution in [0.5, 0.6) is 0 Å². The summed E-state index contributed by atoms with van der Waals surface area (Å²) in [6, 6.07) is 7.75. The van der Waals surface area contributed by atoms with Gasteiger partial charge in [-0.1, -0.05) is 0 Å². The average Bonchev–Trinajstić information content (AvgIpc) is 2.70. The van der Waals surface area contributed by atoms with Crippen LogP contribution in [0.15, 0.2) is 47.4 Å². The first-order valence-corrected chi connectivity index (χ1v) is 10.4. The quantitative estimate of drug-likeness (QED) is 0.769. The van der Waals surface area contributed by atoms with Gasteiger partial charge in [0.15, 0.2) is 0 Å². The molecule has 1 heterocycles. The molecular weight excluding hydrogens is 407 g/mol. The van der Waals surface area contributed by atoms with Crippen LogP contribution in [0.3, 0.4) is 0 Å². The predicted octanol–water partition coefficient (Wildman–Crippen LogP) is 2.44. The van der Waals surface area contributed by atoms with E-state index in [1.807, 2.05) is 4.90 Å². The van der Waals surface area contributed by atoms with E-state index in [1.165, 1.54) is 24.3 Å². The molecule has 156 valence electrons. The Balaban J connectivity index is 1.50. The monoisotopic (exact) mass is 427 g/mol. The van der Waals surface area contributed by atoms with Crippen molar-refractivity contribution in [1.29, 1.82) is 0 Å². The minimum absolute atomic E-state index is 0.109. The number of amides is 1. The van der Waals surface area contributed by atoms with Crippen molar-refractivity contribution < 1.29 is 26.4 Å². The van der Waals surface area contributed by atoms with E-state index < -0.39 is 32.4 Å². The first-order valence-electron chi connectivity index (χ1n) is 8.99. The fourth-order valence-corrected chi connectivity index (χ4v) is 4.52. The Bertz CT molecular complexity index is 976. The highest BCUT2D eigenvalue weighted by atomic mass is 32.2. The molecule has 0 radical (unpaired) electrons. The molecule has 0 bridgehead atoms. The van der Waals surface area contributed by atoms with Gasteiger partial charge < -0.3 is 10.2 Å². The molecule has 29 heavy (non-hydrogen) atoms. The number of halogens is 3. The molecule has 1 amide bonds. The maximum absolute atomic E-state index is 13.9. The van der Waals surface area contributed by atoms with E-state index in [9.17, 15) is 26.4 Å². The number of rotatable bonds is 6. The van der Waals surface area contributed by atoms with Gasteiger partial charge in [0.1, 0.15) is 22.3 Å². The number of nitrogens with one attached hydrogen (secondary N) is 1. The molecule has 1 fully saturated rings. The molecule has 10 heteroatoms. The van der Waals surface area contributed by atoms with Crippen LogP contribution in [0.25, 0.3) is 0 Å². The minimum atomic E-state index is -4.13. The first kappa shape index (κ1) is 21.3. The second kappa shape index (κ2) is 8.93. The summed E-state index contributed by atoms with van der Waals surface area (Å²) in [6.07, 6.45) is 0.183. The molecule has 1 N–H and O–H groups in total. The van der Waals surface area contributed by atoms with Crippen molar-refractivity contribution in [3.8, 4) is 0 Å². The molecule has 1 aliphatic heterocycles. The number of carbonyl (C=O) groups excluding carboxylic acids is 1. The van der Waals surface area contributed by atoms with Crippen LogP contribution in [0.2, 0.25) is 0 Å². The topological polar surface area (TPSA) is 69.7 Å². The second-order valence-electron chi connectivity index (χ2n) is 6.63. The van der Waals surface area contributed by atoms with Crippen molar-refractivity contribution in [2.45, 2.75) is 11.3 Å². The van der Waals surface area contributed by atoms with Gasteiger partial charge in [-0.05, 0) is 42.5 Å². The SMILES string of the molecule is O=C(CCN1CCN(S(=O)(=O)c2cc(F)ccc2F)CC1)Nc1ccc(F)cc1. The van der Waals surface area contributed by atoms with E-state index in [2.05, 4.69) is 5.32 Å². The van der Waals surface area contributed by atoms with Crippen LogP contribution in [-0.4, -0.2) is 56.3 Å². The zero-order valence-electron chi connectivity index (χ0n) is 15.4. The molecule has 3 rings (SSSR count). The van der Waals surface area contributed by atoms with Gasteiger partial charge in [-0.2, -0.15) is 4.31 Å². The average molecular weight is 427 g/mol. The highest BCUT2D eigenvalue weighted by Crippen LogP contribution is 2.21. The Labute approximate surface area is 167 Å². The van der Waals surface area contributed by atoms with Crippen LogP contribution in [-0.2, 0) is 14.8 Å². The van der Waals surface area contributed by atoms with Gasteiger partial charge in [0, 0.05) is 44.8 Å². The maximum atomic E-state index is 13.9. The largest absolute Gasteiger partial charge is 0.326 e. The van der Waals surface area contributed by atoms with Crippen LogP contribution in [0, 0.1) is 17.5 Å². The van der Waals surface area contributed by atoms with E-state index in [0.717, 1.165) is 16.4 Å². The van der Waals surface area contributed by atoms with Crippen LogP contribution >= 0.6 is 0 Å². The standard InChI is InChI=1S/C19H20F3N3O3S/c20-14-1-4-16(5-2-14)23-19(26)7-8-24-9-11-25(12-10-24)29(27,28)18-13-15(21)3-6-17(18)22/h1-6,13H,7-12H2,(H,23,26). The number of benzene rings is 2. The van der Waals surface area contributed by atoms with Crippen molar-refractivity contribution in [2.75, 3.05) is 38.0 Å². The van der Waals surface area contributed by atoms with Gasteiger partial charge in [-0.3, -0.25) is 4.79 Å². The molecule has 0 aliphatic carbocycles. The highest BCUT2D eigenvalue weighted by Gasteiger charge is 2.31. The predicted molar refractivity (Wildman–Crippen MR) is 101 cm³/mol. The molecule has 0 atom stereocenters. The summed E-state index contributed by atoms with van der Waals surface area (Å²) < 4.78 is 66.3. The molecule has 0 spiro atoms. The lowest BCUT2D eigenvalue weighted by Gasteiger charge is -2.33. The maximum Gasteiger partial charge on any atom is 0.246 e. The Morgan fingerprint density at radius 3 is 2.21 bits per heavy atom. The molecule has 2 aromatic carbocycles. The van der Waals surface area contributed by atoms with Crippen LogP contribution in [0.4, 0.5) is 18.9 Å². The Morgan fingerprint density at radius 2 is 1.55 bits per heavy atom. The van der Waals surface area contributed by atoms with Gasteiger partial charge in [-0.15, -0.1) is 0 Å². The Hall–Kier alpha value is -2.43. The summed E-state index contributed by atoms with van der Waals surface area (Å²) in [6.45, 7) is 1.35. The third-order valence-electron chi connectivity index (χ3n) is 4.63. The molecule has 1 aliphatic rings. The molecule has 2 aromatic rings. The number of sulfonamides is 1. The van der Waals surface area contributed by atoms with Crippen molar-refractivity contribution in [2.24, 2.45) is 0 Å². The lowest BCUT2D eigenvalue weighted by atomic mass is 10.2. The zero-order chi connectivity index (χ0) is 21.0. The molecule has 0 saturated carbocycles.